The smallest absolute Gasteiger partial charge is 0.203 e. The first kappa shape index (κ1) is 16.0. The molecule has 0 aliphatic carbocycles. The predicted molar refractivity (Wildman–Crippen MR) is 89.5 cm³/mol. The minimum absolute atomic E-state index is 0.230. The maximum atomic E-state index is 5.19. The van der Waals surface area contributed by atoms with Crippen molar-refractivity contribution in [2.75, 3.05) is 19.0 Å². The van der Waals surface area contributed by atoms with E-state index < -0.39 is 0 Å². The van der Waals surface area contributed by atoms with E-state index in [4.69, 9.17) is 4.74 Å². The lowest BCUT2D eigenvalue weighted by atomic mass is 10.1. The number of ether oxygens (including phenoxy) is 1. The molecule has 1 N–H and O–H groups in total. The summed E-state index contributed by atoms with van der Waals surface area (Å²) in [5.74, 6) is 0.910. The number of thiophene rings is 1. The molecule has 116 valence electrons. The van der Waals surface area contributed by atoms with Gasteiger partial charge in [0.05, 0.1) is 18.3 Å². The number of nitrogens with zero attached hydrogens (tertiary/aromatic N) is 2. The zero-order chi connectivity index (χ0) is 15.6. The third-order valence-corrected chi connectivity index (χ3v) is 4.57. The van der Waals surface area contributed by atoms with Gasteiger partial charge in [-0.1, -0.05) is 0 Å². The van der Waals surface area contributed by atoms with Crippen molar-refractivity contribution in [2.24, 2.45) is 0 Å². The largest absolute Gasteiger partial charge is 0.383 e. The molecule has 0 amide bonds. The van der Waals surface area contributed by atoms with E-state index in [-0.39, 0.29) is 12.1 Å². The average molecular weight is 307 g/mol. The van der Waals surface area contributed by atoms with Crippen LogP contribution < -0.4 is 5.32 Å². The minimum Gasteiger partial charge on any atom is -0.383 e. The van der Waals surface area contributed by atoms with E-state index in [2.05, 4.69) is 54.8 Å². The Bertz CT molecular complexity index is 603. The molecule has 2 unspecified atom stereocenters. The molecule has 0 saturated heterocycles. The average Bonchev–Trinajstić information content (AvgIpc) is 2.91. The first-order valence-electron chi connectivity index (χ1n) is 7.30. The number of methoxy groups -OCH3 is 1. The standard InChI is InChI=1S/C16H25N3OS/c1-10-8-19(16(17-10)18-11(2)9-20-6)13(4)15-7-12(3)21-14(15)5/h7-8,11,13H,9H2,1-6H3,(H,17,18). The van der Waals surface area contributed by atoms with Gasteiger partial charge in [-0.05, 0) is 46.2 Å². The quantitative estimate of drug-likeness (QED) is 0.879. The number of aromatic nitrogens is 2. The molecular weight excluding hydrogens is 282 g/mol. The SMILES string of the molecule is COCC(C)Nc1nc(C)cn1C(C)c1cc(C)sc1C. The monoisotopic (exact) mass is 307 g/mol. The second-order valence-corrected chi connectivity index (χ2v) is 7.12. The zero-order valence-corrected chi connectivity index (χ0v) is 14.5. The Labute approximate surface area is 131 Å². The van der Waals surface area contributed by atoms with Crippen molar-refractivity contribution >= 4 is 17.3 Å². The lowest BCUT2D eigenvalue weighted by Gasteiger charge is -2.19. The summed E-state index contributed by atoms with van der Waals surface area (Å²) in [6, 6.07) is 2.78. The lowest BCUT2D eigenvalue weighted by Crippen LogP contribution is -2.24. The van der Waals surface area contributed by atoms with Crippen LogP contribution >= 0.6 is 11.3 Å². The fourth-order valence-electron chi connectivity index (χ4n) is 2.65. The van der Waals surface area contributed by atoms with Gasteiger partial charge in [-0.15, -0.1) is 11.3 Å². The fraction of sp³-hybridized carbons (Fsp3) is 0.562. The van der Waals surface area contributed by atoms with E-state index in [1.807, 2.05) is 18.3 Å². The summed E-state index contributed by atoms with van der Waals surface area (Å²) in [6.45, 7) is 11.4. The molecule has 0 aromatic carbocycles. The summed E-state index contributed by atoms with van der Waals surface area (Å²) in [4.78, 5) is 7.35. The molecule has 0 saturated carbocycles. The highest BCUT2D eigenvalue weighted by Gasteiger charge is 2.18. The number of nitrogens with one attached hydrogen (secondary N) is 1. The lowest BCUT2D eigenvalue weighted by molar-refractivity contribution is 0.190. The number of hydrogen-bond donors (Lipinski definition) is 1. The highest BCUT2D eigenvalue weighted by Crippen LogP contribution is 2.30. The van der Waals surface area contributed by atoms with Crippen molar-refractivity contribution in [2.45, 2.75) is 46.7 Å². The number of anilines is 1. The van der Waals surface area contributed by atoms with E-state index in [1.54, 1.807) is 7.11 Å². The van der Waals surface area contributed by atoms with Crippen LogP contribution in [0.1, 0.15) is 40.9 Å². The van der Waals surface area contributed by atoms with Gasteiger partial charge < -0.3 is 14.6 Å². The van der Waals surface area contributed by atoms with Gasteiger partial charge in [-0.2, -0.15) is 0 Å². The van der Waals surface area contributed by atoms with Gasteiger partial charge in [0.1, 0.15) is 0 Å². The Hall–Kier alpha value is -1.33. The molecule has 5 heteroatoms. The van der Waals surface area contributed by atoms with Crippen molar-refractivity contribution in [3.8, 4) is 0 Å². The van der Waals surface area contributed by atoms with Crippen molar-refractivity contribution in [1.29, 1.82) is 0 Å². The predicted octanol–water partition coefficient (Wildman–Crippen LogP) is 3.93. The topological polar surface area (TPSA) is 39.1 Å². The van der Waals surface area contributed by atoms with Crippen LogP contribution in [0.2, 0.25) is 0 Å². The van der Waals surface area contributed by atoms with Gasteiger partial charge in [0.15, 0.2) is 0 Å². The van der Waals surface area contributed by atoms with E-state index in [9.17, 15) is 0 Å². The summed E-state index contributed by atoms with van der Waals surface area (Å²) in [7, 11) is 1.72. The molecule has 2 aromatic heterocycles. The summed E-state index contributed by atoms with van der Waals surface area (Å²) in [5.41, 5.74) is 2.40. The van der Waals surface area contributed by atoms with Gasteiger partial charge in [-0.3, -0.25) is 0 Å². The van der Waals surface area contributed by atoms with Crippen LogP contribution in [-0.4, -0.2) is 29.3 Å². The van der Waals surface area contributed by atoms with Gasteiger partial charge >= 0.3 is 0 Å². The third kappa shape index (κ3) is 3.66. The number of imidazole rings is 1. The molecule has 0 aliphatic heterocycles. The van der Waals surface area contributed by atoms with Crippen molar-refractivity contribution in [3.63, 3.8) is 0 Å². The van der Waals surface area contributed by atoms with Gasteiger partial charge in [0, 0.05) is 29.1 Å². The summed E-state index contributed by atoms with van der Waals surface area (Å²) >= 11 is 1.85. The number of hydrogen-bond acceptors (Lipinski definition) is 4. The van der Waals surface area contributed by atoms with Crippen molar-refractivity contribution < 1.29 is 4.74 Å². The Kier molecular flexibility index (Phi) is 5.06. The second-order valence-electron chi connectivity index (χ2n) is 5.66. The van der Waals surface area contributed by atoms with Gasteiger partial charge in [0.25, 0.3) is 0 Å². The van der Waals surface area contributed by atoms with Crippen LogP contribution in [-0.2, 0) is 4.74 Å². The minimum atomic E-state index is 0.230. The van der Waals surface area contributed by atoms with Crippen molar-refractivity contribution in [3.05, 3.63) is 33.3 Å². The molecule has 2 aromatic rings. The Morgan fingerprint density at radius 2 is 2.05 bits per heavy atom. The normalized spacial score (nSPS) is 14.2. The molecule has 2 heterocycles. The first-order valence-corrected chi connectivity index (χ1v) is 8.12. The maximum absolute atomic E-state index is 5.19. The summed E-state index contributed by atoms with van der Waals surface area (Å²) in [6.07, 6.45) is 2.11. The van der Waals surface area contributed by atoms with Crippen molar-refractivity contribution in [1.82, 2.24) is 9.55 Å². The van der Waals surface area contributed by atoms with Crippen LogP contribution in [0.3, 0.4) is 0 Å². The second kappa shape index (κ2) is 6.62. The molecule has 0 aliphatic rings. The van der Waals surface area contributed by atoms with E-state index in [1.165, 1.54) is 15.3 Å². The van der Waals surface area contributed by atoms with Crippen LogP contribution in [0.25, 0.3) is 0 Å². The molecule has 0 radical (unpaired) electrons. The molecule has 21 heavy (non-hydrogen) atoms. The Balaban J connectivity index is 2.28. The van der Waals surface area contributed by atoms with E-state index >= 15 is 0 Å². The van der Waals surface area contributed by atoms with E-state index in [0.29, 0.717) is 6.61 Å². The number of aryl methyl sites for hydroxylation is 3. The maximum Gasteiger partial charge on any atom is 0.203 e. The molecule has 4 nitrogen and oxygen atoms in total. The highest BCUT2D eigenvalue weighted by molar-refractivity contribution is 7.12. The highest BCUT2D eigenvalue weighted by atomic mass is 32.1. The molecule has 0 bridgehead atoms. The molecular formula is C16H25N3OS. The van der Waals surface area contributed by atoms with Crippen LogP contribution in [0, 0.1) is 20.8 Å². The molecule has 2 rings (SSSR count). The molecule has 2 atom stereocenters. The van der Waals surface area contributed by atoms with Gasteiger partial charge in [0.2, 0.25) is 5.95 Å². The first-order chi connectivity index (χ1) is 9.92. The number of rotatable bonds is 6. The molecule has 0 spiro atoms. The van der Waals surface area contributed by atoms with Crippen LogP contribution in [0.5, 0.6) is 0 Å². The third-order valence-electron chi connectivity index (χ3n) is 3.59. The summed E-state index contributed by atoms with van der Waals surface area (Å²) in [5, 5.41) is 3.44. The van der Waals surface area contributed by atoms with Crippen LogP contribution in [0.4, 0.5) is 5.95 Å². The van der Waals surface area contributed by atoms with Gasteiger partial charge in [-0.25, -0.2) is 4.98 Å². The summed E-state index contributed by atoms with van der Waals surface area (Å²) < 4.78 is 7.41. The Morgan fingerprint density at radius 3 is 2.62 bits per heavy atom. The van der Waals surface area contributed by atoms with E-state index in [0.717, 1.165) is 11.6 Å². The zero-order valence-electron chi connectivity index (χ0n) is 13.7. The van der Waals surface area contributed by atoms with Crippen LogP contribution in [0.15, 0.2) is 12.3 Å². The molecule has 0 fully saturated rings. The Morgan fingerprint density at radius 1 is 1.33 bits per heavy atom. The fourth-order valence-corrected chi connectivity index (χ4v) is 3.66.